The van der Waals surface area contributed by atoms with Crippen molar-refractivity contribution >= 4 is 44.2 Å². The molecule has 29 heavy (non-hydrogen) atoms. The Balaban J connectivity index is 1.65. The molecule has 1 saturated heterocycles. The average Bonchev–Trinajstić information content (AvgIpc) is 2.73. The minimum absolute atomic E-state index is 0.0486. The van der Waals surface area contributed by atoms with E-state index in [1.54, 1.807) is 6.07 Å². The molecule has 154 valence electrons. The van der Waals surface area contributed by atoms with E-state index in [0.29, 0.717) is 43.4 Å². The Kier molecular flexibility index (Phi) is 6.88. The molecule has 2 aromatic rings. The molecule has 0 amide bonds. The number of thioether (sulfide) groups is 1. The molecule has 3 rings (SSSR count). The van der Waals surface area contributed by atoms with Crippen LogP contribution >= 0.6 is 11.8 Å². The van der Waals surface area contributed by atoms with Gasteiger partial charge in [0.2, 0.25) is 0 Å². The molecule has 0 spiro atoms. The molecular weight excluding hydrogens is 414 g/mol. The van der Waals surface area contributed by atoms with Crippen LogP contribution in [-0.2, 0) is 19.6 Å². The summed E-state index contributed by atoms with van der Waals surface area (Å²) in [5.41, 5.74) is 0.747. The molecule has 0 saturated carbocycles. The van der Waals surface area contributed by atoms with Gasteiger partial charge in [-0.1, -0.05) is 11.8 Å². The number of anilines is 2. The fourth-order valence-electron chi connectivity index (χ4n) is 2.70. The van der Waals surface area contributed by atoms with Gasteiger partial charge in [-0.15, -0.1) is 0 Å². The van der Waals surface area contributed by atoms with Gasteiger partial charge in [-0.2, -0.15) is 0 Å². The number of benzene rings is 1. The number of aromatic nitrogens is 1. The van der Waals surface area contributed by atoms with E-state index in [9.17, 15) is 18.0 Å². The van der Waals surface area contributed by atoms with Gasteiger partial charge in [0.05, 0.1) is 19.0 Å². The molecule has 8 nitrogen and oxygen atoms in total. The van der Waals surface area contributed by atoms with E-state index >= 15 is 0 Å². The Hall–Kier alpha value is -2.43. The number of carbonyl (C=O) groups is 2. The highest BCUT2D eigenvalue weighted by Crippen LogP contribution is 2.20. The molecule has 0 atom stereocenters. The molecule has 10 heteroatoms. The number of morpholine rings is 1. The van der Waals surface area contributed by atoms with Crippen LogP contribution in [0.3, 0.4) is 0 Å². The van der Waals surface area contributed by atoms with Gasteiger partial charge in [0.15, 0.2) is 10.9 Å². The Labute approximate surface area is 173 Å². The van der Waals surface area contributed by atoms with Crippen LogP contribution in [0.2, 0.25) is 0 Å². The second kappa shape index (κ2) is 9.38. The lowest BCUT2D eigenvalue weighted by molar-refractivity contribution is -0.109. The third-order valence-electron chi connectivity index (χ3n) is 4.23. The van der Waals surface area contributed by atoms with E-state index in [4.69, 9.17) is 4.74 Å². The van der Waals surface area contributed by atoms with Crippen LogP contribution in [0.4, 0.5) is 11.5 Å². The Morgan fingerprint density at radius 1 is 1.14 bits per heavy atom. The van der Waals surface area contributed by atoms with E-state index in [2.05, 4.69) is 9.71 Å². The molecule has 1 N–H and O–H groups in total. The lowest BCUT2D eigenvalue weighted by Gasteiger charge is -2.27. The fourth-order valence-corrected chi connectivity index (χ4v) is 4.20. The zero-order valence-electron chi connectivity index (χ0n) is 15.8. The first-order chi connectivity index (χ1) is 13.8. The highest BCUT2D eigenvalue weighted by molar-refractivity contribution is 8.14. The van der Waals surface area contributed by atoms with Crippen molar-refractivity contribution in [2.75, 3.05) is 41.7 Å². The summed E-state index contributed by atoms with van der Waals surface area (Å²) in [6.45, 7) is 4.07. The summed E-state index contributed by atoms with van der Waals surface area (Å²) >= 11 is 0.940. The van der Waals surface area contributed by atoms with Gasteiger partial charge in [0.1, 0.15) is 10.7 Å². The van der Waals surface area contributed by atoms with E-state index in [0.717, 1.165) is 11.8 Å². The second-order valence-electron chi connectivity index (χ2n) is 6.34. The first kappa shape index (κ1) is 21.3. The summed E-state index contributed by atoms with van der Waals surface area (Å²) in [5, 5.41) is -0.129. The summed E-state index contributed by atoms with van der Waals surface area (Å²) < 4.78 is 33.0. The summed E-state index contributed by atoms with van der Waals surface area (Å²) in [6.07, 6.45) is 1.32. The van der Waals surface area contributed by atoms with Crippen LogP contribution in [0.15, 0.2) is 47.5 Å². The van der Waals surface area contributed by atoms with Crippen LogP contribution in [0, 0.1) is 0 Å². The number of nitrogens with one attached hydrogen (secondary N) is 1. The highest BCUT2D eigenvalue weighted by Gasteiger charge is 2.17. The Bertz CT molecular complexity index is 970. The second-order valence-corrected chi connectivity index (χ2v) is 9.17. The van der Waals surface area contributed by atoms with Crippen LogP contribution < -0.4 is 9.62 Å². The van der Waals surface area contributed by atoms with Crippen molar-refractivity contribution in [3.8, 4) is 0 Å². The number of ether oxygens (including phenoxy) is 1. The van der Waals surface area contributed by atoms with Gasteiger partial charge in [0, 0.05) is 37.5 Å². The maximum Gasteiger partial charge on any atom is 0.263 e. The zero-order valence-corrected chi connectivity index (χ0v) is 17.5. The fraction of sp³-hybridized carbons (Fsp3) is 0.316. The lowest BCUT2D eigenvalue weighted by Crippen LogP contribution is -2.36. The molecule has 1 fully saturated rings. The Morgan fingerprint density at radius 3 is 2.41 bits per heavy atom. The quantitative estimate of drug-likeness (QED) is 0.660. The van der Waals surface area contributed by atoms with E-state index in [-0.39, 0.29) is 21.5 Å². The summed E-state index contributed by atoms with van der Waals surface area (Å²) in [6, 6.07) is 9.27. The first-order valence-electron chi connectivity index (χ1n) is 8.93. The number of rotatable bonds is 7. The van der Waals surface area contributed by atoms with Crippen molar-refractivity contribution in [1.82, 2.24) is 4.98 Å². The number of ketones is 1. The predicted molar refractivity (Wildman–Crippen MR) is 112 cm³/mol. The molecular formula is C19H21N3O5S2. The zero-order chi connectivity index (χ0) is 20.9. The number of Topliss-reactive ketones (excluding diaryl/α,β-unsaturated/α-hetero) is 1. The van der Waals surface area contributed by atoms with Crippen LogP contribution in [0.25, 0.3) is 0 Å². The molecule has 1 aromatic carbocycles. The third kappa shape index (κ3) is 5.78. The van der Waals surface area contributed by atoms with Gasteiger partial charge in [-0.3, -0.25) is 14.3 Å². The van der Waals surface area contributed by atoms with Crippen LogP contribution in [-0.4, -0.2) is 56.4 Å². The minimum atomic E-state index is -3.80. The standard InChI is InChI=1S/C19H21N3O5S2/c1-14(23)28-13-18(24)15-2-4-16(5-3-15)21-29(25,26)17-6-7-19(20-12-17)22-8-10-27-11-9-22/h2-7,12,21H,8-11,13H2,1H3. The number of hydrogen-bond acceptors (Lipinski definition) is 8. The lowest BCUT2D eigenvalue weighted by atomic mass is 10.1. The van der Waals surface area contributed by atoms with Crippen molar-refractivity contribution in [3.63, 3.8) is 0 Å². The number of nitrogens with zero attached hydrogens (tertiary/aromatic N) is 2. The monoisotopic (exact) mass is 435 g/mol. The van der Waals surface area contributed by atoms with E-state index in [1.165, 1.54) is 43.5 Å². The first-order valence-corrected chi connectivity index (χ1v) is 11.4. The van der Waals surface area contributed by atoms with Crippen LogP contribution in [0.5, 0.6) is 0 Å². The number of pyridine rings is 1. The maximum absolute atomic E-state index is 12.6. The van der Waals surface area contributed by atoms with Gasteiger partial charge >= 0.3 is 0 Å². The van der Waals surface area contributed by atoms with E-state index < -0.39 is 10.0 Å². The Morgan fingerprint density at radius 2 is 1.83 bits per heavy atom. The highest BCUT2D eigenvalue weighted by atomic mass is 32.2. The van der Waals surface area contributed by atoms with Crippen molar-refractivity contribution in [2.45, 2.75) is 11.8 Å². The topological polar surface area (TPSA) is 106 Å². The van der Waals surface area contributed by atoms with E-state index in [1.807, 2.05) is 4.90 Å². The molecule has 2 heterocycles. The average molecular weight is 436 g/mol. The van der Waals surface area contributed by atoms with Gasteiger partial charge in [-0.25, -0.2) is 13.4 Å². The predicted octanol–water partition coefficient (Wildman–Crippen LogP) is 2.18. The van der Waals surface area contributed by atoms with Crippen molar-refractivity contribution in [3.05, 3.63) is 48.2 Å². The van der Waals surface area contributed by atoms with Gasteiger partial charge in [0.25, 0.3) is 10.0 Å². The number of carbonyl (C=O) groups excluding carboxylic acids is 2. The third-order valence-corrected chi connectivity index (χ3v) is 6.41. The van der Waals surface area contributed by atoms with Gasteiger partial charge < -0.3 is 9.64 Å². The van der Waals surface area contributed by atoms with Crippen molar-refractivity contribution in [1.29, 1.82) is 0 Å². The van der Waals surface area contributed by atoms with Crippen molar-refractivity contribution < 1.29 is 22.7 Å². The van der Waals surface area contributed by atoms with Gasteiger partial charge in [-0.05, 0) is 36.4 Å². The SMILES string of the molecule is CC(=O)SCC(=O)c1ccc(NS(=O)(=O)c2ccc(N3CCOCC3)nc2)cc1. The molecule has 1 aliphatic heterocycles. The summed E-state index contributed by atoms with van der Waals surface area (Å²) in [7, 11) is -3.80. The molecule has 1 aromatic heterocycles. The normalized spacial score (nSPS) is 14.4. The largest absolute Gasteiger partial charge is 0.378 e. The number of hydrogen-bond donors (Lipinski definition) is 1. The molecule has 1 aliphatic rings. The maximum atomic E-state index is 12.6. The smallest absolute Gasteiger partial charge is 0.263 e. The van der Waals surface area contributed by atoms with Crippen LogP contribution in [0.1, 0.15) is 17.3 Å². The molecule has 0 radical (unpaired) electrons. The summed E-state index contributed by atoms with van der Waals surface area (Å²) in [5.74, 6) is 0.572. The molecule has 0 aliphatic carbocycles. The summed E-state index contributed by atoms with van der Waals surface area (Å²) in [4.78, 5) is 29.3. The number of sulfonamides is 1. The van der Waals surface area contributed by atoms with Crippen molar-refractivity contribution in [2.24, 2.45) is 0 Å². The molecule has 0 unspecified atom stereocenters. The minimum Gasteiger partial charge on any atom is -0.378 e. The molecule has 0 bridgehead atoms.